The Morgan fingerprint density at radius 1 is 0.373 bits per heavy atom. The van der Waals surface area contributed by atoms with Gasteiger partial charge >= 0.3 is 0 Å². The van der Waals surface area contributed by atoms with E-state index in [1.807, 2.05) is 0 Å². The van der Waals surface area contributed by atoms with Crippen molar-refractivity contribution in [2.24, 2.45) is 0 Å². The van der Waals surface area contributed by atoms with E-state index in [0.29, 0.717) is 0 Å². The predicted molar refractivity (Wildman–Crippen MR) is 217 cm³/mol. The van der Waals surface area contributed by atoms with Crippen molar-refractivity contribution in [3.05, 3.63) is 200 Å². The predicted octanol–water partition coefficient (Wildman–Crippen LogP) is 9.73. The molecule has 51 heavy (non-hydrogen) atoms. The van der Waals surface area contributed by atoms with Crippen molar-refractivity contribution in [3.63, 3.8) is 0 Å². The Labute approximate surface area is 297 Å². The second-order valence-corrected chi connectivity index (χ2v) is 17.0. The van der Waals surface area contributed by atoms with Crippen LogP contribution in [0.15, 0.2) is 205 Å². The molecule has 2 heterocycles. The number of nitrogens with zero attached hydrogens (tertiary/aromatic N) is 1. The molecule has 2 aromatic heterocycles. The summed E-state index contributed by atoms with van der Waals surface area (Å²) < 4.78 is 9.32. The smallest absolute Gasteiger partial charge is 0.184 e. The van der Waals surface area contributed by atoms with Gasteiger partial charge in [0.2, 0.25) is 0 Å². The SMILES string of the molecule is c1ccc(-c2ccc([Si](c3ccccc3)(c3cccc(-n4c5ccccc5c5ccccc54)c3)c3cccc4c3oc3ccccc34)cc2)cc1. The zero-order valence-electron chi connectivity index (χ0n) is 27.9. The minimum Gasteiger partial charge on any atom is -0.456 e. The molecule has 8 aromatic carbocycles. The molecule has 0 spiro atoms. The van der Waals surface area contributed by atoms with E-state index < -0.39 is 8.07 Å². The first-order valence-corrected chi connectivity index (χ1v) is 19.5. The Bertz CT molecular complexity index is 2800. The van der Waals surface area contributed by atoms with Crippen LogP contribution < -0.4 is 20.7 Å². The maximum absolute atomic E-state index is 6.89. The molecule has 0 N–H and O–H groups in total. The molecule has 0 radical (unpaired) electrons. The van der Waals surface area contributed by atoms with E-state index in [0.717, 1.165) is 27.6 Å². The summed E-state index contributed by atoms with van der Waals surface area (Å²) in [5, 5.41) is 9.97. The van der Waals surface area contributed by atoms with Crippen molar-refractivity contribution in [3.8, 4) is 16.8 Å². The molecule has 0 bridgehead atoms. The summed E-state index contributed by atoms with van der Waals surface area (Å²) in [7, 11) is -3.04. The zero-order valence-corrected chi connectivity index (χ0v) is 28.9. The monoisotopic (exact) mass is 667 g/mol. The summed E-state index contributed by atoms with van der Waals surface area (Å²) >= 11 is 0. The molecule has 0 amide bonds. The van der Waals surface area contributed by atoms with Crippen LogP contribution in [0.5, 0.6) is 0 Å². The van der Waals surface area contributed by atoms with E-state index >= 15 is 0 Å². The third-order valence-corrected chi connectivity index (χ3v) is 15.3. The van der Waals surface area contributed by atoms with Gasteiger partial charge in [0, 0.05) is 27.2 Å². The van der Waals surface area contributed by atoms with Gasteiger partial charge in [0.15, 0.2) is 8.07 Å². The maximum atomic E-state index is 6.89. The minimum atomic E-state index is -3.04. The third-order valence-electron chi connectivity index (χ3n) is 10.6. The molecular formula is C48H33NOSi. The van der Waals surface area contributed by atoms with E-state index in [1.165, 1.54) is 53.7 Å². The number of rotatable bonds is 6. The highest BCUT2D eigenvalue weighted by atomic mass is 28.3. The van der Waals surface area contributed by atoms with Gasteiger partial charge in [-0.05, 0) is 62.2 Å². The van der Waals surface area contributed by atoms with Crippen molar-refractivity contribution >= 4 is 72.6 Å². The molecule has 0 aliphatic rings. The van der Waals surface area contributed by atoms with Gasteiger partial charge in [-0.1, -0.05) is 170 Å². The highest BCUT2D eigenvalue weighted by Crippen LogP contribution is 2.33. The number of furan rings is 1. The first-order chi connectivity index (χ1) is 25.3. The van der Waals surface area contributed by atoms with E-state index in [4.69, 9.17) is 4.42 Å². The van der Waals surface area contributed by atoms with Crippen molar-refractivity contribution in [1.29, 1.82) is 0 Å². The van der Waals surface area contributed by atoms with E-state index in [2.05, 4.69) is 205 Å². The lowest BCUT2D eigenvalue weighted by atomic mass is 10.1. The van der Waals surface area contributed by atoms with E-state index in [-0.39, 0.29) is 0 Å². The summed E-state index contributed by atoms with van der Waals surface area (Å²) in [6, 6.07) is 73.1. The largest absolute Gasteiger partial charge is 0.456 e. The zero-order chi connectivity index (χ0) is 33.8. The molecule has 0 saturated heterocycles. The molecule has 1 unspecified atom stereocenters. The Morgan fingerprint density at radius 2 is 0.902 bits per heavy atom. The van der Waals surface area contributed by atoms with Crippen LogP contribution in [0.1, 0.15) is 0 Å². The summed E-state index contributed by atoms with van der Waals surface area (Å²) in [6.07, 6.45) is 0. The molecule has 0 fully saturated rings. The fraction of sp³-hybridized carbons (Fsp3) is 0. The van der Waals surface area contributed by atoms with Crippen molar-refractivity contribution in [2.75, 3.05) is 0 Å². The second kappa shape index (κ2) is 11.9. The fourth-order valence-corrected chi connectivity index (χ4v) is 13.2. The second-order valence-electron chi connectivity index (χ2n) is 13.3. The van der Waals surface area contributed by atoms with Gasteiger partial charge in [-0.3, -0.25) is 0 Å². The highest BCUT2D eigenvalue weighted by molar-refractivity contribution is 7.20. The molecule has 0 aliphatic carbocycles. The lowest BCUT2D eigenvalue weighted by Crippen LogP contribution is -2.74. The number of para-hydroxylation sites is 4. The van der Waals surface area contributed by atoms with Crippen LogP contribution in [-0.4, -0.2) is 12.6 Å². The molecule has 10 rings (SSSR count). The molecule has 240 valence electrons. The number of benzene rings is 8. The van der Waals surface area contributed by atoms with Gasteiger partial charge in [-0.15, -0.1) is 0 Å². The maximum Gasteiger partial charge on any atom is 0.184 e. The van der Waals surface area contributed by atoms with Crippen LogP contribution >= 0.6 is 0 Å². The molecule has 0 aliphatic heterocycles. The van der Waals surface area contributed by atoms with Gasteiger partial charge in [0.05, 0.1) is 11.0 Å². The van der Waals surface area contributed by atoms with Crippen molar-refractivity contribution in [1.82, 2.24) is 4.57 Å². The summed E-state index contributed by atoms with van der Waals surface area (Å²) in [4.78, 5) is 0. The summed E-state index contributed by atoms with van der Waals surface area (Å²) in [5.41, 5.74) is 7.84. The topological polar surface area (TPSA) is 18.1 Å². The fourth-order valence-electron chi connectivity index (χ4n) is 8.32. The van der Waals surface area contributed by atoms with Crippen LogP contribution in [0.4, 0.5) is 0 Å². The minimum absolute atomic E-state index is 0.911. The average molecular weight is 668 g/mol. The standard InChI is InChI=1S/C48H33NOSi/c1-3-15-34(16-4-1)35-29-31-38(32-30-35)51(37-18-5-2-6-19-37,47-28-14-24-43-42-23-9-12-27-46(42)50-48(43)47)39-20-13-17-36(33-39)49-44-25-10-7-21-40(44)41-22-8-11-26-45(41)49/h1-33H. The summed E-state index contributed by atoms with van der Waals surface area (Å²) in [6.45, 7) is 0. The van der Waals surface area contributed by atoms with Crippen molar-refractivity contribution < 1.29 is 4.42 Å². The Hall–Kier alpha value is -6.42. The van der Waals surface area contributed by atoms with Gasteiger partial charge in [0.25, 0.3) is 0 Å². The van der Waals surface area contributed by atoms with Crippen LogP contribution in [0.2, 0.25) is 0 Å². The Morgan fingerprint density at radius 3 is 1.63 bits per heavy atom. The van der Waals surface area contributed by atoms with Crippen LogP contribution in [0, 0.1) is 0 Å². The Balaban J connectivity index is 1.32. The van der Waals surface area contributed by atoms with Gasteiger partial charge in [-0.25, -0.2) is 0 Å². The molecule has 2 nitrogen and oxygen atoms in total. The molecule has 3 heteroatoms. The average Bonchev–Trinajstić information content (AvgIpc) is 3.76. The third kappa shape index (κ3) is 4.56. The molecule has 10 aromatic rings. The Kier molecular flexibility index (Phi) is 6.86. The molecular weight excluding hydrogens is 635 g/mol. The van der Waals surface area contributed by atoms with Gasteiger partial charge in [-0.2, -0.15) is 0 Å². The molecule has 0 saturated carbocycles. The van der Waals surface area contributed by atoms with Gasteiger partial charge in [0.1, 0.15) is 11.2 Å². The number of aromatic nitrogens is 1. The van der Waals surface area contributed by atoms with Crippen LogP contribution in [-0.2, 0) is 0 Å². The summed E-state index contributed by atoms with van der Waals surface area (Å²) in [5.74, 6) is 0. The first kappa shape index (κ1) is 29.5. The van der Waals surface area contributed by atoms with Crippen molar-refractivity contribution in [2.45, 2.75) is 0 Å². The van der Waals surface area contributed by atoms with E-state index in [1.54, 1.807) is 0 Å². The van der Waals surface area contributed by atoms with Crippen LogP contribution in [0.3, 0.4) is 0 Å². The number of hydrogen-bond acceptors (Lipinski definition) is 1. The highest BCUT2D eigenvalue weighted by Gasteiger charge is 2.44. The molecule has 1 atom stereocenters. The van der Waals surface area contributed by atoms with E-state index in [9.17, 15) is 0 Å². The lowest BCUT2D eigenvalue weighted by Gasteiger charge is -2.34. The number of fused-ring (bicyclic) bond motifs is 6. The quantitative estimate of drug-likeness (QED) is 0.128. The normalized spacial score (nSPS) is 12.9. The lowest BCUT2D eigenvalue weighted by molar-refractivity contribution is 0.671. The van der Waals surface area contributed by atoms with Gasteiger partial charge < -0.3 is 8.98 Å². The first-order valence-electron chi connectivity index (χ1n) is 17.5. The number of hydrogen-bond donors (Lipinski definition) is 0. The van der Waals surface area contributed by atoms with Crippen LogP contribution in [0.25, 0.3) is 60.6 Å².